The number of fused-ring (bicyclic) bond motifs is 1. The molecule has 7 heteroatoms. The van der Waals surface area contributed by atoms with Crippen LogP contribution in [0.2, 0.25) is 0 Å². The fourth-order valence-electron chi connectivity index (χ4n) is 1.59. The molecule has 17 heavy (non-hydrogen) atoms. The van der Waals surface area contributed by atoms with Gasteiger partial charge in [0, 0.05) is 13.2 Å². The molecule has 0 saturated carbocycles. The van der Waals surface area contributed by atoms with Gasteiger partial charge in [-0.3, -0.25) is 0 Å². The topological polar surface area (TPSA) is 89.8 Å². The van der Waals surface area contributed by atoms with Gasteiger partial charge < -0.3 is 15.4 Å². The summed E-state index contributed by atoms with van der Waals surface area (Å²) in [7, 11) is 0. The molecule has 2 rings (SSSR count). The van der Waals surface area contributed by atoms with Crippen LogP contribution in [0.4, 0.5) is 5.82 Å². The highest BCUT2D eigenvalue weighted by Gasteiger charge is 2.10. The Morgan fingerprint density at radius 2 is 2.24 bits per heavy atom. The van der Waals surface area contributed by atoms with Crippen molar-refractivity contribution in [1.82, 2.24) is 19.5 Å². The molecule has 2 aromatic rings. The fraction of sp³-hybridized carbons (Fsp3) is 0.500. The second-order valence-electron chi connectivity index (χ2n) is 3.64. The van der Waals surface area contributed by atoms with Gasteiger partial charge in [0.05, 0.1) is 6.33 Å². The van der Waals surface area contributed by atoms with Crippen molar-refractivity contribution < 1.29 is 5.11 Å². The molecule has 6 nitrogen and oxygen atoms in total. The van der Waals surface area contributed by atoms with Crippen molar-refractivity contribution in [2.75, 3.05) is 18.6 Å². The van der Waals surface area contributed by atoms with Crippen LogP contribution in [0.3, 0.4) is 0 Å². The van der Waals surface area contributed by atoms with Crippen LogP contribution in [-0.2, 0) is 6.54 Å². The molecule has 2 aromatic heterocycles. The van der Waals surface area contributed by atoms with E-state index in [1.54, 1.807) is 6.33 Å². The number of aliphatic hydroxyl groups excluding tert-OH is 1. The van der Waals surface area contributed by atoms with E-state index in [0.717, 1.165) is 25.0 Å². The molecular weight excluding hydrogens is 238 g/mol. The number of hydrogen-bond donors (Lipinski definition) is 2. The normalized spacial score (nSPS) is 11.2. The third-order valence-corrected chi connectivity index (χ3v) is 3.01. The van der Waals surface area contributed by atoms with Crippen LogP contribution < -0.4 is 5.73 Å². The summed E-state index contributed by atoms with van der Waals surface area (Å²) in [6.07, 6.45) is 5.29. The number of hydrogen-bond acceptors (Lipinski definition) is 6. The SMILES string of the molecule is CSc1nc(N)c2ncn(CCCCO)c2n1. The van der Waals surface area contributed by atoms with Crippen molar-refractivity contribution in [1.29, 1.82) is 0 Å². The van der Waals surface area contributed by atoms with Gasteiger partial charge in [-0.05, 0) is 19.1 Å². The largest absolute Gasteiger partial charge is 0.396 e. The van der Waals surface area contributed by atoms with Crippen molar-refractivity contribution in [3.8, 4) is 0 Å². The number of aromatic nitrogens is 4. The zero-order chi connectivity index (χ0) is 12.3. The van der Waals surface area contributed by atoms with Gasteiger partial charge in [0.1, 0.15) is 5.52 Å². The smallest absolute Gasteiger partial charge is 0.191 e. The first-order chi connectivity index (χ1) is 8.26. The number of rotatable bonds is 5. The second kappa shape index (κ2) is 5.33. The minimum Gasteiger partial charge on any atom is -0.396 e. The zero-order valence-corrected chi connectivity index (χ0v) is 10.4. The number of nitrogens with zero attached hydrogens (tertiary/aromatic N) is 4. The van der Waals surface area contributed by atoms with E-state index in [0.29, 0.717) is 16.5 Å². The summed E-state index contributed by atoms with van der Waals surface area (Å²) in [5.41, 5.74) is 7.23. The minimum atomic E-state index is 0.208. The Bertz CT molecular complexity index is 513. The fourth-order valence-corrected chi connectivity index (χ4v) is 1.96. The second-order valence-corrected chi connectivity index (χ2v) is 4.41. The van der Waals surface area contributed by atoms with Gasteiger partial charge >= 0.3 is 0 Å². The highest BCUT2D eigenvalue weighted by molar-refractivity contribution is 7.98. The van der Waals surface area contributed by atoms with Crippen LogP contribution in [-0.4, -0.2) is 37.5 Å². The molecule has 0 atom stereocenters. The number of imidazole rings is 1. The zero-order valence-electron chi connectivity index (χ0n) is 9.63. The van der Waals surface area contributed by atoms with Crippen LogP contribution in [0.1, 0.15) is 12.8 Å². The highest BCUT2D eigenvalue weighted by atomic mass is 32.2. The molecule has 0 radical (unpaired) electrons. The summed E-state index contributed by atoms with van der Waals surface area (Å²) in [5, 5.41) is 9.41. The Kier molecular flexibility index (Phi) is 3.80. The van der Waals surface area contributed by atoms with Crippen molar-refractivity contribution in [2.45, 2.75) is 24.5 Å². The molecule has 0 spiro atoms. The Morgan fingerprint density at radius 1 is 1.41 bits per heavy atom. The summed E-state index contributed by atoms with van der Waals surface area (Å²) in [4.78, 5) is 12.8. The predicted molar refractivity (Wildman–Crippen MR) is 67.8 cm³/mol. The van der Waals surface area contributed by atoms with Gasteiger partial charge in [-0.2, -0.15) is 0 Å². The van der Waals surface area contributed by atoms with Gasteiger partial charge in [-0.25, -0.2) is 15.0 Å². The van der Waals surface area contributed by atoms with Crippen molar-refractivity contribution in [3.05, 3.63) is 6.33 Å². The number of nitrogens with two attached hydrogens (primary N) is 1. The highest BCUT2D eigenvalue weighted by Crippen LogP contribution is 2.20. The number of aryl methyl sites for hydroxylation is 1. The van der Waals surface area contributed by atoms with Crippen LogP contribution in [0.5, 0.6) is 0 Å². The molecule has 0 unspecified atom stereocenters. The number of aliphatic hydroxyl groups is 1. The van der Waals surface area contributed by atoms with E-state index in [4.69, 9.17) is 10.8 Å². The summed E-state index contributed by atoms with van der Waals surface area (Å²) >= 11 is 1.45. The number of anilines is 1. The number of thioether (sulfide) groups is 1. The standard InChI is InChI=1S/C10H15N5OS/c1-17-10-13-8(11)7-9(14-10)15(6-12-7)4-2-3-5-16/h6,16H,2-5H2,1H3,(H2,11,13,14). The minimum absolute atomic E-state index is 0.208. The Balaban J connectivity index is 2.33. The van der Waals surface area contributed by atoms with Crippen molar-refractivity contribution in [3.63, 3.8) is 0 Å². The molecule has 0 saturated heterocycles. The Labute approximate surface area is 103 Å². The van der Waals surface area contributed by atoms with Crippen molar-refractivity contribution in [2.24, 2.45) is 0 Å². The maximum atomic E-state index is 8.76. The third kappa shape index (κ3) is 2.50. The number of unbranched alkanes of at least 4 members (excludes halogenated alkanes) is 1. The van der Waals surface area contributed by atoms with Gasteiger partial charge in [-0.15, -0.1) is 0 Å². The van der Waals surface area contributed by atoms with Crippen LogP contribution >= 0.6 is 11.8 Å². The summed E-state index contributed by atoms with van der Waals surface area (Å²) in [6.45, 7) is 0.987. The average molecular weight is 253 g/mol. The molecule has 0 amide bonds. The maximum Gasteiger partial charge on any atom is 0.191 e. The molecule has 0 aromatic carbocycles. The van der Waals surface area contributed by atoms with Crippen LogP contribution in [0, 0.1) is 0 Å². The van der Waals surface area contributed by atoms with E-state index in [-0.39, 0.29) is 6.61 Å². The lowest BCUT2D eigenvalue weighted by Gasteiger charge is -2.04. The van der Waals surface area contributed by atoms with Gasteiger partial charge in [0.25, 0.3) is 0 Å². The first-order valence-corrected chi connectivity index (χ1v) is 6.62. The monoisotopic (exact) mass is 253 g/mol. The van der Waals surface area contributed by atoms with Crippen LogP contribution in [0.15, 0.2) is 11.5 Å². The van der Waals surface area contributed by atoms with Gasteiger partial charge in [0.15, 0.2) is 16.6 Å². The van der Waals surface area contributed by atoms with E-state index in [2.05, 4.69) is 15.0 Å². The molecule has 0 aliphatic heterocycles. The van der Waals surface area contributed by atoms with E-state index in [1.165, 1.54) is 11.8 Å². The molecule has 0 fully saturated rings. The Hall–Kier alpha value is -1.34. The van der Waals surface area contributed by atoms with Gasteiger partial charge in [0.2, 0.25) is 0 Å². The summed E-state index contributed by atoms with van der Waals surface area (Å²) in [6, 6.07) is 0. The lowest BCUT2D eigenvalue weighted by Crippen LogP contribution is -2.01. The lowest BCUT2D eigenvalue weighted by atomic mass is 10.3. The van der Waals surface area contributed by atoms with Crippen molar-refractivity contribution >= 4 is 28.7 Å². The first-order valence-electron chi connectivity index (χ1n) is 5.39. The van der Waals surface area contributed by atoms with E-state index in [1.807, 2.05) is 10.8 Å². The predicted octanol–water partition coefficient (Wildman–Crippen LogP) is 0.903. The molecule has 3 N–H and O–H groups in total. The van der Waals surface area contributed by atoms with E-state index in [9.17, 15) is 0 Å². The maximum absolute atomic E-state index is 8.76. The molecular formula is C10H15N5OS. The average Bonchev–Trinajstić information content (AvgIpc) is 2.73. The van der Waals surface area contributed by atoms with Gasteiger partial charge in [-0.1, -0.05) is 11.8 Å². The first kappa shape index (κ1) is 12.1. The summed E-state index contributed by atoms with van der Waals surface area (Å²) < 4.78 is 1.95. The number of nitrogen functional groups attached to an aromatic ring is 1. The molecule has 92 valence electrons. The lowest BCUT2D eigenvalue weighted by molar-refractivity contribution is 0.281. The molecule has 0 aliphatic rings. The van der Waals surface area contributed by atoms with E-state index < -0.39 is 0 Å². The van der Waals surface area contributed by atoms with E-state index >= 15 is 0 Å². The molecule has 0 aliphatic carbocycles. The quantitative estimate of drug-likeness (QED) is 0.467. The molecule has 0 bridgehead atoms. The Morgan fingerprint density at radius 3 is 2.94 bits per heavy atom. The summed E-state index contributed by atoms with van der Waals surface area (Å²) in [5.74, 6) is 0.417. The third-order valence-electron chi connectivity index (χ3n) is 2.46. The van der Waals surface area contributed by atoms with Crippen LogP contribution in [0.25, 0.3) is 11.2 Å². The molecule has 2 heterocycles.